The number of nitrogens with zero attached hydrogens (tertiary/aromatic N) is 1. The Morgan fingerprint density at radius 1 is 0.914 bits per heavy atom. The highest BCUT2D eigenvalue weighted by molar-refractivity contribution is 9.10. The number of hydrogen-bond donors (Lipinski definition) is 1. The second-order valence-electron chi connectivity index (χ2n) is 7.23. The number of benzene rings is 3. The lowest BCUT2D eigenvalue weighted by Crippen LogP contribution is -2.19. The number of hydrogen-bond acceptors (Lipinski definition) is 6. The van der Waals surface area contributed by atoms with Crippen LogP contribution in [0.1, 0.15) is 16.7 Å². The van der Waals surface area contributed by atoms with Crippen molar-refractivity contribution >= 4 is 51.3 Å². The average molecular weight is 582 g/mol. The highest BCUT2D eigenvalue weighted by atomic mass is 79.9. The van der Waals surface area contributed by atoms with Crippen molar-refractivity contribution in [2.45, 2.75) is 13.0 Å². The van der Waals surface area contributed by atoms with Crippen molar-refractivity contribution < 1.29 is 23.7 Å². The number of methoxy groups -OCH3 is 3. The van der Waals surface area contributed by atoms with E-state index in [0.717, 1.165) is 11.1 Å². The fraction of sp³-hybridized carbons (Fsp3) is 0.200. The van der Waals surface area contributed by atoms with Crippen molar-refractivity contribution in [2.75, 3.05) is 21.3 Å². The van der Waals surface area contributed by atoms with E-state index in [1.165, 1.54) is 6.21 Å². The Labute approximate surface area is 222 Å². The van der Waals surface area contributed by atoms with Crippen LogP contribution in [-0.4, -0.2) is 33.5 Å². The van der Waals surface area contributed by atoms with Crippen molar-refractivity contribution in [1.82, 2.24) is 5.43 Å². The Hall–Kier alpha value is -2.94. The van der Waals surface area contributed by atoms with Gasteiger partial charge in [-0.1, -0.05) is 35.3 Å². The molecular formula is C25H23BrCl2N2O5. The van der Waals surface area contributed by atoms with Gasteiger partial charge in [0, 0.05) is 0 Å². The first-order valence-electron chi connectivity index (χ1n) is 10.3. The van der Waals surface area contributed by atoms with E-state index in [2.05, 4.69) is 26.5 Å². The smallest absolute Gasteiger partial charge is 0.244 e. The van der Waals surface area contributed by atoms with E-state index in [1.807, 2.05) is 6.07 Å². The highest BCUT2D eigenvalue weighted by Gasteiger charge is 2.13. The number of carbonyl (C=O) groups excluding carboxylic acids is 1. The molecule has 0 unspecified atom stereocenters. The zero-order valence-corrected chi connectivity index (χ0v) is 22.3. The number of halogens is 3. The molecule has 0 aliphatic heterocycles. The van der Waals surface area contributed by atoms with Gasteiger partial charge in [0.05, 0.1) is 48.5 Å². The van der Waals surface area contributed by atoms with Gasteiger partial charge in [0.15, 0.2) is 23.0 Å². The molecule has 184 valence electrons. The summed E-state index contributed by atoms with van der Waals surface area (Å²) in [7, 11) is 4.64. The molecule has 3 aromatic carbocycles. The first kappa shape index (κ1) is 26.7. The van der Waals surface area contributed by atoms with Crippen LogP contribution in [0, 0.1) is 0 Å². The molecule has 3 aromatic rings. The molecule has 0 aliphatic rings. The molecule has 0 saturated carbocycles. The molecule has 1 amide bonds. The average Bonchev–Trinajstić information content (AvgIpc) is 2.85. The Kier molecular flexibility index (Phi) is 9.65. The van der Waals surface area contributed by atoms with Crippen LogP contribution in [0.15, 0.2) is 58.1 Å². The molecule has 0 aliphatic carbocycles. The van der Waals surface area contributed by atoms with Crippen molar-refractivity contribution in [3.8, 4) is 23.0 Å². The summed E-state index contributed by atoms with van der Waals surface area (Å²) in [6, 6.07) is 14.1. The zero-order valence-electron chi connectivity index (χ0n) is 19.2. The van der Waals surface area contributed by atoms with Gasteiger partial charge >= 0.3 is 0 Å². The van der Waals surface area contributed by atoms with Crippen LogP contribution in [0.3, 0.4) is 0 Å². The molecule has 7 nitrogen and oxygen atoms in total. The summed E-state index contributed by atoms with van der Waals surface area (Å²) in [4.78, 5) is 12.3. The van der Waals surface area contributed by atoms with Crippen LogP contribution in [0.25, 0.3) is 0 Å². The standard InChI is InChI=1S/C25H23BrCl2N2O5/c1-32-21-7-5-15(10-22(21)33-2)12-24(31)30-29-13-17-8-18(26)25(23(11-17)34-3)35-14-16-4-6-19(27)20(28)9-16/h4-11,13H,12,14H2,1-3H3,(H,30,31)/b29-13-. The molecule has 0 aromatic heterocycles. The van der Waals surface area contributed by atoms with E-state index in [4.69, 9.17) is 42.1 Å². The Morgan fingerprint density at radius 3 is 2.31 bits per heavy atom. The Bertz CT molecular complexity index is 1240. The maximum atomic E-state index is 12.3. The van der Waals surface area contributed by atoms with Crippen molar-refractivity contribution in [2.24, 2.45) is 5.10 Å². The summed E-state index contributed by atoms with van der Waals surface area (Å²) in [5.41, 5.74) is 4.84. The van der Waals surface area contributed by atoms with Crippen LogP contribution in [0.4, 0.5) is 0 Å². The van der Waals surface area contributed by atoms with Gasteiger partial charge in [-0.05, 0) is 69.0 Å². The number of amides is 1. The Morgan fingerprint density at radius 2 is 1.63 bits per heavy atom. The predicted molar refractivity (Wildman–Crippen MR) is 140 cm³/mol. The second kappa shape index (κ2) is 12.7. The van der Waals surface area contributed by atoms with Crippen LogP contribution in [-0.2, 0) is 17.8 Å². The molecule has 10 heteroatoms. The molecule has 0 atom stereocenters. The van der Waals surface area contributed by atoms with Gasteiger partial charge in [-0.25, -0.2) is 5.43 Å². The van der Waals surface area contributed by atoms with Gasteiger partial charge in [0.25, 0.3) is 0 Å². The van der Waals surface area contributed by atoms with Crippen LogP contribution >= 0.6 is 39.1 Å². The normalized spacial score (nSPS) is 10.8. The second-order valence-corrected chi connectivity index (χ2v) is 8.90. The van der Waals surface area contributed by atoms with Crippen molar-refractivity contribution in [3.63, 3.8) is 0 Å². The van der Waals surface area contributed by atoms with Gasteiger partial charge in [-0.3, -0.25) is 4.79 Å². The summed E-state index contributed by atoms with van der Waals surface area (Å²) in [6.45, 7) is 0.269. The topological polar surface area (TPSA) is 78.4 Å². The zero-order chi connectivity index (χ0) is 25.4. The molecule has 0 spiro atoms. The van der Waals surface area contributed by atoms with Gasteiger partial charge < -0.3 is 18.9 Å². The molecule has 0 saturated heterocycles. The maximum absolute atomic E-state index is 12.3. The first-order chi connectivity index (χ1) is 16.8. The Balaban J connectivity index is 1.63. The van der Waals surface area contributed by atoms with Crippen LogP contribution in [0.5, 0.6) is 23.0 Å². The third-order valence-electron chi connectivity index (χ3n) is 4.83. The third kappa shape index (κ3) is 7.27. The number of nitrogens with one attached hydrogen (secondary N) is 1. The lowest BCUT2D eigenvalue weighted by Gasteiger charge is -2.14. The van der Waals surface area contributed by atoms with E-state index in [1.54, 1.807) is 63.8 Å². The minimum Gasteiger partial charge on any atom is -0.493 e. The minimum absolute atomic E-state index is 0.131. The molecule has 0 fully saturated rings. The van der Waals surface area contributed by atoms with Gasteiger partial charge in [0.2, 0.25) is 5.91 Å². The fourth-order valence-electron chi connectivity index (χ4n) is 3.13. The van der Waals surface area contributed by atoms with E-state index in [-0.39, 0.29) is 18.9 Å². The van der Waals surface area contributed by atoms with Crippen LogP contribution in [0.2, 0.25) is 10.0 Å². The molecule has 1 N–H and O–H groups in total. The van der Waals surface area contributed by atoms with E-state index in [0.29, 0.717) is 43.1 Å². The SMILES string of the molecule is COc1ccc(CC(=O)N/N=C\c2cc(Br)c(OCc3ccc(Cl)c(Cl)c3)c(OC)c2)cc1OC. The van der Waals surface area contributed by atoms with Crippen molar-refractivity contribution in [3.05, 3.63) is 79.7 Å². The van der Waals surface area contributed by atoms with Gasteiger partial charge in [0.1, 0.15) is 6.61 Å². The molecule has 3 rings (SSSR count). The van der Waals surface area contributed by atoms with E-state index in [9.17, 15) is 4.79 Å². The largest absolute Gasteiger partial charge is 0.493 e. The van der Waals surface area contributed by atoms with E-state index < -0.39 is 0 Å². The van der Waals surface area contributed by atoms with Crippen molar-refractivity contribution in [1.29, 1.82) is 0 Å². The maximum Gasteiger partial charge on any atom is 0.244 e. The lowest BCUT2D eigenvalue weighted by molar-refractivity contribution is -0.120. The first-order valence-corrected chi connectivity index (χ1v) is 11.9. The quantitative estimate of drug-likeness (QED) is 0.233. The fourth-order valence-corrected chi connectivity index (χ4v) is 4.03. The highest BCUT2D eigenvalue weighted by Crippen LogP contribution is 2.37. The summed E-state index contributed by atoms with van der Waals surface area (Å²) < 4.78 is 22.5. The predicted octanol–water partition coefficient (Wildman–Crippen LogP) is 6.05. The molecule has 0 heterocycles. The van der Waals surface area contributed by atoms with Gasteiger partial charge in [-0.2, -0.15) is 5.10 Å². The minimum atomic E-state index is -0.277. The summed E-state index contributed by atoms with van der Waals surface area (Å²) in [5.74, 6) is 1.89. The molecule has 0 bridgehead atoms. The lowest BCUT2D eigenvalue weighted by atomic mass is 10.1. The van der Waals surface area contributed by atoms with Gasteiger partial charge in [-0.15, -0.1) is 0 Å². The number of rotatable bonds is 10. The molecular weight excluding hydrogens is 559 g/mol. The third-order valence-corrected chi connectivity index (χ3v) is 6.16. The monoisotopic (exact) mass is 580 g/mol. The molecule has 35 heavy (non-hydrogen) atoms. The number of ether oxygens (including phenoxy) is 4. The van der Waals surface area contributed by atoms with E-state index >= 15 is 0 Å². The molecule has 0 radical (unpaired) electrons. The number of hydrazone groups is 1. The summed E-state index contributed by atoms with van der Waals surface area (Å²) in [5, 5.41) is 4.98. The summed E-state index contributed by atoms with van der Waals surface area (Å²) in [6.07, 6.45) is 1.65. The van der Waals surface area contributed by atoms with Crippen LogP contribution < -0.4 is 24.4 Å². The summed E-state index contributed by atoms with van der Waals surface area (Å²) >= 11 is 15.5. The number of carbonyl (C=O) groups is 1.